The van der Waals surface area contributed by atoms with Crippen molar-refractivity contribution in [1.29, 1.82) is 0 Å². The lowest BCUT2D eigenvalue weighted by atomic mass is 10.1. The van der Waals surface area contributed by atoms with Crippen molar-refractivity contribution >= 4 is 26.0 Å². The van der Waals surface area contributed by atoms with Gasteiger partial charge in [-0.1, -0.05) is 0 Å². The first kappa shape index (κ1) is 13.1. The lowest BCUT2D eigenvalue weighted by Gasteiger charge is -2.40. The van der Waals surface area contributed by atoms with Crippen molar-refractivity contribution in [3.63, 3.8) is 0 Å². The van der Waals surface area contributed by atoms with Crippen LogP contribution in [-0.2, 0) is 14.8 Å². The van der Waals surface area contributed by atoms with Gasteiger partial charge in [-0.05, 0) is 41.9 Å². The first-order chi connectivity index (χ1) is 7.84. The van der Waals surface area contributed by atoms with Gasteiger partial charge in [0, 0.05) is 6.54 Å². The van der Waals surface area contributed by atoms with Crippen LogP contribution in [0.5, 0.6) is 0 Å². The van der Waals surface area contributed by atoms with Crippen molar-refractivity contribution in [2.24, 2.45) is 0 Å². The maximum absolute atomic E-state index is 12.4. The van der Waals surface area contributed by atoms with Crippen LogP contribution in [0.25, 0.3) is 0 Å². The highest BCUT2D eigenvalue weighted by Gasteiger charge is 2.41. The summed E-state index contributed by atoms with van der Waals surface area (Å²) in [4.78, 5) is 0. The summed E-state index contributed by atoms with van der Waals surface area (Å²) in [6.45, 7) is 4.80. The van der Waals surface area contributed by atoms with E-state index in [-0.39, 0.29) is 5.09 Å². The maximum Gasteiger partial charge on any atom is 0.277 e. The lowest BCUT2D eigenvalue weighted by molar-refractivity contribution is -0.00833. The fourth-order valence-electron chi connectivity index (χ4n) is 1.83. The largest absolute Gasteiger partial charge is 0.437 e. The maximum atomic E-state index is 12.4. The van der Waals surface area contributed by atoms with Crippen molar-refractivity contribution in [2.75, 3.05) is 19.8 Å². The molecule has 1 fully saturated rings. The lowest BCUT2D eigenvalue weighted by Crippen LogP contribution is -2.55. The van der Waals surface area contributed by atoms with Crippen LogP contribution in [0.3, 0.4) is 0 Å². The Balaban J connectivity index is 2.38. The SMILES string of the molecule is CC1(C)COCCN1S(=O)(=O)c1ccc(Br)o1. The van der Waals surface area contributed by atoms with Gasteiger partial charge in [0.05, 0.1) is 18.8 Å². The molecule has 0 bridgehead atoms. The molecule has 0 saturated carbocycles. The van der Waals surface area contributed by atoms with Crippen LogP contribution in [0.15, 0.2) is 26.3 Å². The molecule has 0 N–H and O–H groups in total. The normalized spacial score (nSPS) is 21.6. The highest BCUT2D eigenvalue weighted by molar-refractivity contribution is 9.10. The Bertz CT molecular complexity index is 508. The molecule has 1 aromatic heterocycles. The number of morpholine rings is 1. The fourth-order valence-corrected chi connectivity index (χ4v) is 3.92. The van der Waals surface area contributed by atoms with Crippen LogP contribution in [0.1, 0.15) is 13.8 Å². The van der Waals surface area contributed by atoms with Gasteiger partial charge in [0.25, 0.3) is 10.0 Å². The Kier molecular flexibility index (Phi) is 3.37. The van der Waals surface area contributed by atoms with Crippen LogP contribution in [0.2, 0.25) is 0 Å². The smallest absolute Gasteiger partial charge is 0.277 e. The van der Waals surface area contributed by atoms with Crippen LogP contribution in [-0.4, -0.2) is 38.0 Å². The molecule has 1 aromatic rings. The van der Waals surface area contributed by atoms with E-state index >= 15 is 0 Å². The quantitative estimate of drug-likeness (QED) is 0.833. The Hall–Kier alpha value is -0.370. The standard InChI is InChI=1S/C10H14BrNO4S/c1-10(2)7-15-6-5-12(10)17(13,14)9-4-3-8(11)16-9/h3-4H,5-7H2,1-2H3. The van der Waals surface area contributed by atoms with Gasteiger partial charge < -0.3 is 9.15 Å². The summed E-state index contributed by atoms with van der Waals surface area (Å²) in [5, 5.41) is -0.0423. The molecule has 5 nitrogen and oxygen atoms in total. The van der Waals surface area contributed by atoms with Gasteiger partial charge >= 0.3 is 0 Å². The number of ether oxygens (including phenoxy) is 1. The van der Waals surface area contributed by atoms with E-state index in [1.807, 2.05) is 13.8 Å². The monoisotopic (exact) mass is 323 g/mol. The van der Waals surface area contributed by atoms with Gasteiger partial charge in [-0.3, -0.25) is 0 Å². The third kappa shape index (κ3) is 2.42. The summed E-state index contributed by atoms with van der Waals surface area (Å²) >= 11 is 3.10. The molecule has 0 aromatic carbocycles. The molecule has 0 unspecified atom stereocenters. The topological polar surface area (TPSA) is 59.8 Å². The minimum absolute atomic E-state index is 0.0423. The number of rotatable bonds is 2. The van der Waals surface area contributed by atoms with Gasteiger partial charge in [0.2, 0.25) is 5.09 Å². The zero-order valence-corrected chi connectivity index (χ0v) is 12.0. The zero-order valence-electron chi connectivity index (χ0n) is 9.64. The van der Waals surface area contributed by atoms with Crippen molar-refractivity contribution in [3.8, 4) is 0 Å². The second-order valence-electron chi connectivity index (χ2n) is 4.50. The van der Waals surface area contributed by atoms with E-state index in [0.717, 1.165) is 0 Å². The Labute approximate surface area is 109 Å². The van der Waals surface area contributed by atoms with E-state index in [1.165, 1.54) is 10.4 Å². The van der Waals surface area contributed by atoms with Gasteiger partial charge in [-0.2, -0.15) is 4.31 Å². The predicted octanol–water partition coefficient (Wildman–Crippen LogP) is 1.84. The number of halogens is 1. The summed E-state index contributed by atoms with van der Waals surface area (Å²) in [5.74, 6) is 0. The summed E-state index contributed by atoms with van der Waals surface area (Å²) in [7, 11) is -3.59. The Morgan fingerprint density at radius 3 is 2.65 bits per heavy atom. The molecular formula is C10H14BrNO4S. The van der Waals surface area contributed by atoms with E-state index in [4.69, 9.17) is 9.15 Å². The molecule has 0 atom stereocenters. The summed E-state index contributed by atoms with van der Waals surface area (Å²) in [5.41, 5.74) is -0.559. The number of hydrogen-bond acceptors (Lipinski definition) is 4. The molecule has 2 heterocycles. The molecule has 0 spiro atoms. The summed E-state index contributed by atoms with van der Waals surface area (Å²) < 4.78 is 37.0. The Morgan fingerprint density at radius 1 is 1.41 bits per heavy atom. The first-order valence-electron chi connectivity index (χ1n) is 5.20. The summed E-state index contributed by atoms with van der Waals surface area (Å²) in [6, 6.07) is 3.02. The zero-order chi connectivity index (χ0) is 12.7. The summed E-state index contributed by atoms with van der Waals surface area (Å²) in [6.07, 6.45) is 0. The second kappa shape index (κ2) is 4.38. The number of nitrogens with zero attached hydrogens (tertiary/aromatic N) is 1. The van der Waals surface area contributed by atoms with Crippen LogP contribution in [0.4, 0.5) is 0 Å². The second-order valence-corrected chi connectivity index (χ2v) is 7.08. The Morgan fingerprint density at radius 2 is 2.12 bits per heavy atom. The van der Waals surface area contributed by atoms with Crippen LogP contribution in [0, 0.1) is 0 Å². The molecule has 0 radical (unpaired) electrons. The molecule has 0 amide bonds. The highest BCUT2D eigenvalue weighted by Crippen LogP contribution is 2.29. The fraction of sp³-hybridized carbons (Fsp3) is 0.600. The molecule has 7 heteroatoms. The molecular weight excluding hydrogens is 310 g/mol. The molecule has 17 heavy (non-hydrogen) atoms. The molecule has 1 aliphatic rings. The van der Waals surface area contributed by atoms with Crippen molar-refractivity contribution < 1.29 is 17.6 Å². The van der Waals surface area contributed by atoms with Crippen molar-refractivity contribution in [3.05, 3.63) is 16.8 Å². The van der Waals surface area contributed by atoms with E-state index < -0.39 is 15.6 Å². The van der Waals surface area contributed by atoms with E-state index in [0.29, 0.717) is 24.4 Å². The third-order valence-corrected chi connectivity index (χ3v) is 5.07. The molecule has 2 rings (SSSR count). The number of furan rings is 1. The van der Waals surface area contributed by atoms with E-state index in [1.54, 1.807) is 6.07 Å². The highest BCUT2D eigenvalue weighted by atomic mass is 79.9. The minimum Gasteiger partial charge on any atom is -0.437 e. The van der Waals surface area contributed by atoms with E-state index in [2.05, 4.69) is 15.9 Å². The van der Waals surface area contributed by atoms with Gasteiger partial charge in [0.1, 0.15) is 0 Å². The van der Waals surface area contributed by atoms with Gasteiger partial charge in [-0.15, -0.1) is 0 Å². The molecule has 0 aliphatic carbocycles. The number of hydrogen-bond donors (Lipinski definition) is 0. The molecule has 96 valence electrons. The molecule has 1 aliphatic heterocycles. The van der Waals surface area contributed by atoms with Crippen LogP contribution < -0.4 is 0 Å². The van der Waals surface area contributed by atoms with Crippen molar-refractivity contribution in [2.45, 2.75) is 24.5 Å². The van der Waals surface area contributed by atoms with Crippen molar-refractivity contribution in [1.82, 2.24) is 4.31 Å². The number of sulfonamides is 1. The van der Waals surface area contributed by atoms with Crippen LogP contribution >= 0.6 is 15.9 Å². The third-order valence-electron chi connectivity index (χ3n) is 2.66. The van der Waals surface area contributed by atoms with E-state index in [9.17, 15) is 8.42 Å². The average Bonchev–Trinajstić information content (AvgIpc) is 2.64. The van der Waals surface area contributed by atoms with Gasteiger partial charge in [0.15, 0.2) is 4.67 Å². The predicted molar refractivity (Wildman–Crippen MR) is 65.2 cm³/mol. The van der Waals surface area contributed by atoms with Gasteiger partial charge in [-0.25, -0.2) is 8.42 Å². The average molecular weight is 324 g/mol. The molecule has 1 saturated heterocycles. The first-order valence-corrected chi connectivity index (χ1v) is 7.43. The minimum atomic E-state index is -3.59.